The Morgan fingerprint density at radius 3 is 2.33 bits per heavy atom. The minimum atomic E-state index is -0.325. The van der Waals surface area contributed by atoms with Crippen molar-refractivity contribution in [1.29, 1.82) is 5.26 Å². The number of halogens is 1. The fourth-order valence-electron chi connectivity index (χ4n) is 2.10. The van der Waals surface area contributed by atoms with Gasteiger partial charge in [0.2, 0.25) is 0 Å². The third kappa shape index (κ3) is 3.82. The molecule has 2 aromatic carbocycles. The zero-order valence-electron chi connectivity index (χ0n) is 12.6. The van der Waals surface area contributed by atoms with Crippen molar-refractivity contribution < 1.29 is 4.39 Å². The Hall–Kier alpha value is -2.34. The van der Waals surface area contributed by atoms with Crippen LogP contribution in [0, 0.1) is 17.1 Å². The standard InChI is InChI=1S/C18H19FN2/c1-18(2,3)15-5-8-17(9-6-15)21-12-14-10-16(19)7-4-13(14)11-20/h4-10,21H,12H2,1-3H3. The molecule has 0 aliphatic heterocycles. The number of benzene rings is 2. The quantitative estimate of drug-likeness (QED) is 0.892. The highest BCUT2D eigenvalue weighted by atomic mass is 19.1. The molecule has 21 heavy (non-hydrogen) atoms. The van der Waals surface area contributed by atoms with Gasteiger partial charge in [0.15, 0.2) is 0 Å². The van der Waals surface area contributed by atoms with Crippen molar-refractivity contribution in [2.75, 3.05) is 5.32 Å². The smallest absolute Gasteiger partial charge is 0.123 e. The molecule has 0 bridgehead atoms. The maximum absolute atomic E-state index is 13.3. The molecule has 0 aromatic heterocycles. The van der Waals surface area contributed by atoms with Gasteiger partial charge in [-0.1, -0.05) is 32.9 Å². The van der Waals surface area contributed by atoms with Crippen LogP contribution in [0.25, 0.3) is 0 Å². The van der Waals surface area contributed by atoms with Crippen molar-refractivity contribution in [3.05, 3.63) is 65.0 Å². The number of anilines is 1. The third-order valence-electron chi connectivity index (χ3n) is 3.42. The van der Waals surface area contributed by atoms with Gasteiger partial charge in [-0.15, -0.1) is 0 Å². The Morgan fingerprint density at radius 2 is 1.76 bits per heavy atom. The van der Waals surface area contributed by atoms with E-state index in [-0.39, 0.29) is 11.2 Å². The summed E-state index contributed by atoms with van der Waals surface area (Å²) in [7, 11) is 0. The van der Waals surface area contributed by atoms with Crippen molar-refractivity contribution in [2.45, 2.75) is 32.7 Å². The Bertz CT molecular complexity index is 661. The molecule has 1 N–H and O–H groups in total. The van der Waals surface area contributed by atoms with Gasteiger partial charge in [0, 0.05) is 12.2 Å². The lowest BCUT2D eigenvalue weighted by molar-refractivity contribution is 0.590. The lowest BCUT2D eigenvalue weighted by Crippen LogP contribution is -2.10. The number of hydrogen-bond acceptors (Lipinski definition) is 2. The van der Waals surface area contributed by atoms with Crippen molar-refractivity contribution in [2.24, 2.45) is 0 Å². The monoisotopic (exact) mass is 282 g/mol. The molecule has 0 aliphatic rings. The van der Waals surface area contributed by atoms with Crippen LogP contribution in [0.1, 0.15) is 37.5 Å². The predicted octanol–water partition coefficient (Wildman–Crippen LogP) is 4.61. The van der Waals surface area contributed by atoms with Crippen LogP contribution in [-0.2, 0) is 12.0 Å². The van der Waals surface area contributed by atoms with Crippen molar-refractivity contribution in [1.82, 2.24) is 0 Å². The summed E-state index contributed by atoms with van der Waals surface area (Å²) in [5.41, 5.74) is 3.50. The number of hydrogen-bond donors (Lipinski definition) is 1. The molecule has 0 unspecified atom stereocenters. The Kier molecular flexibility index (Phi) is 4.28. The van der Waals surface area contributed by atoms with Crippen LogP contribution in [-0.4, -0.2) is 0 Å². The molecule has 0 aliphatic carbocycles. The molecular formula is C18H19FN2. The highest BCUT2D eigenvalue weighted by Crippen LogP contribution is 2.23. The van der Waals surface area contributed by atoms with Crippen molar-refractivity contribution in [3.8, 4) is 6.07 Å². The number of nitriles is 1. The third-order valence-corrected chi connectivity index (χ3v) is 3.42. The van der Waals surface area contributed by atoms with Crippen LogP contribution in [0.3, 0.4) is 0 Å². The lowest BCUT2D eigenvalue weighted by Gasteiger charge is -2.19. The normalized spacial score (nSPS) is 11.0. The molecule has 0 fully saturated rings. The first-order chi connectivity index (χ1) is 9.90. The van der Waals surface area contributed by atoms with Gasteiger partial charge in [-0.25, -0.2) is 4.39 Å². The maximum Gasteiger partial charge on any atom is 0.123 e. The summed E-state index contributed by atoms with van der Waals surface area (Å²) in [5.74, 6) is -0.325. The van der Waals surface area contributed by atoms with Gasteiger partial charge in [0.05, 0.1) is 11.6 Å². The SMILES string of the molecule is CC(C)(C)c1ccc(NCc2cc(F)ccc2C#N)cc1. The van der Waals surface area contributed by atoms with E-state index in [4.69, 9.17) is 5.26 Å². The van der Waals surface area contributed by atoms with E-state index in [1.165, 1.54) is 23.8 Å². The van der Waals surface area contributed by atoms with E-state index >= 15 is 0 Å². The summed E-state index contributed by atoms with van der Waals surface area (Å²) in [6.07, 6.45) is 0. The van der Waals surface area contributed by atoms with Gasteiger partial charge in [-0.05, 0) is 46.9 Å². The second-order valence-corrected chi connectivity index (χ2v) is 6.09. The second-order valence-electron chi connectivity index (χ2n) is 6.09. The largest absolute Gasteiger partial charge is 0.381 e. The van der Waals surface area contributed by atoms with Gasteiger partial charge in [0.1, 0.15) is 5.82 Å². The van der Waals surface area contributed by atoms with E-state index in [1.54, 1.807) is 0 Å². The van der Waals surface area contributed by atoms with E-state index < -0.39 is 0 Å². The van der Waals surface area contributed by atoms with Gasteiger partial charge in [0.25, 0.3) is 0 Å². The van der Waals surface area contributed by atoms with Crippen LogP contribution >= 0.6 is 0 Å². The molecule has 0 spiro atoms. The minimum Gasteiger partial charge on any atom is -0.381 e. The molecule has 2 aromatic rings. The second kappa shape index (κ2) is 5.97. The molecular weight excluding hydrogens is 263 g/mol. The molecule has 0 amide bonds. The number of rotatable bonds is 3. The molecule has 0 saturated carbocycles. The molecule has 2 rings (SSSR count). The van der Waals surface area contributed by atoms with Crippen LogP contribution < -0.4 is 5.32 Å². The van der Waals surface area contributed by atoms with Crippen LogP contribution in [0.4, 0.5) is 10.1 Å². The van der Waals surface area contributed by atoms with Gasteiger partial charge >= 0.3 is 0 Å². The molecule has 0 saturated heterocycles. The molecule has 0 atom stereocenters. The highest BCUT2D eigenvalue weighted by molar-refractivity contribution is 5.48. The van der Waals surface area contributed by atoms with E-state index in [9.17, 15) is 4.39 Å². The Balaban J connectivity index is 2.10. The van der Waals surface area contributed by atoms with Crippen LogP contribution in [0.15, 0.2) is 42.5 Å². The van der Waals surface area contributed by atoms with Crippen molar-refractivity contribution >= 4 is 5.69 Å². The summed E-state index contributed by atoms with van der Waals surface area (Å²) in [6.45, 7) is 6.93. The number of nitrogens with zero attached hydrogens (tertiary/aromatic N) is 1. The summed E-state index contributed by atoms with van der Waals surface area (Å²) in [5, 5.41) is 12.3. The van der Waals surface area contributed by atoms with E-state index in [2.05, 4.69) is 44.3 Å². The first kappa shape index (κ1) is 15.1. The Labute approximate surface area is 125 Å². The van der Waals surface area contributed by atoms with E-state index in [0.717, 1.165) is 5.69 Å². The molecule has 2 nitrogen and oxygen atoms in total. The number of nitrogens with one attached hydrogen (secondary N) is 1. The summed E-state index contributed by atoms with van der Waals surface area (Å²) < 4.78 is 13.3. The fraction of sp³-hybridized carbons (Fsp3) is 0.278. The van der Waals surface area contributed by atoms with Gasteiger partial charge in [-0.3, -0.25) is 0 Å². The van der Waals surface area contributed by atoms with Gasteiger partial charge < -0.3 is 5.32 Å². The van der Waals surface area contributed by atoms with Crippen LogP contribution in [0.2, 0.25) is 0 Å². The Morgan fingerprint density at radius 1 is 1.10 bits per heavy atom. The zero-order chi connectivity index (χ0) is 15.5. The van der Waals surface area contributed by atoms with Crippen molar-refractivity contribution in [3.63, 3.8) is 0 Å². The van der Waals surface area contributed by atoms with Gasteiger partial charge in [-0.2, -0.15) is 5.26 Å². The molecule has 0 heterocycles. The summed E-state index contributed by atoms with van der Waals surface area (Å²) >= 11 is 0. The maximum atomic E-state index is 13.3. The van der Waals surface area contributed by atoms with Crippen LogP contribution in [0.5, 0.6) is 0 Å². The topological polar surface area (TPSA) is 35.8 Å². The predicted molar refractivity (Wildman–Crippen MR) is 83.6 cm³/mol. The average Bonchev–Trinajstić information content (AvgIpc) is 2.45. The first-order valence-corrected chi connectivity index (χ1v) is 6.93. The molecule has 3 heteroatoms. The molecule has 108 valence electrons. The first-order valence-electron chi connectivity index (χ1n) is 6.93. The molecule has 0 radical (unpaired) electrons. The summed E-state index contributed by atoms with van der Waals surface area (Å²) in [4.78, 5) is 0. The fourth-order valence-corrected chi connectivity index (χ4v) is 2.10. The summed E-state index contributed by atoms with van der Waals surface area (Å²) in [6, 6.07) is 14.5. The van der Waals surface area contributed by atoms with E-state index in [0.29, 0.717) is 17.7 Å². The van der Waals surface area contributed by atoms with E-state index in [1.807, 2.05) is 12.1 Å². The minimum absolute atomic E-state index is 0.120. The lowest BCUT2D eigenvalue weighted by atomic mass is 9.87. The average molecular weight is 282 g/mol. The highest BCUT2D eigenvalue weighted by Gasteiger charge is 2.12. The zero-order valence-corrected chi connectivity index (χ0v) is 12.6.